The molecule has 0 aromatic carbocycles. The third-order valence-corrected chi connectivity index (χ3v) is 11.7. The lowest BCUT2D eigenvalue weighted by Gasteiger charge is -2.53. The van der Waals surface area contributed by atoms with E-state index in [9.17, 15) is 9.90 Å². The lowest BCUT2D eigenvalue weighted by molar-refractivity contribution is -0.154. The van der Waals surface area contributed by atoms with Gasteiger partial charge in [-0.1, -0.05) is 27.7 Å². The molecule has 2 saturated heterocycles. The molecule has 13 atom stereocenters. The number of piperidine rings is 1. The fourth-order valence-electron chi connectivity index (χ4n) is 10.1. The lowest BCUT2D eigenvalue weighted by Crippen LogP contribution is -2.53. The molecule has 6 fully saturated rings. The van der Waals surface area contributed by atoms with Gasteiger partial charge in [0.1, 0.15) is 5.78 Å². The molecule has 0 amide bonds. The molecule has 0 aromatic heterocycles. The van der Waals surface area contributed by atoms with Gasteiger partial charge in [0.2, 0.25) is 0 Å². The topological polar surface area (TPSA) is 58.6 Å². The van der Waals surface area contributed by atoms with E-state index in [1.54, 1.807) is 0 Å². The van der Waals surface area contributed by atoms with E-state index >= 15 is 0 Å². The van der Waals surface area contributed by atoms with Crippen LogP contribution in [0.3, 0.4) is 0 Å². The van der Waals surface area contributed by atoms with Crippen LogP contribution in [0.1, 0.15) is 79.1 Å². The molecular weight excluding hydrogens is 386 g/mol. The quantitative estimate of drug-likeness (QED) is 0.606. The molecule has 4 heteroatoms. The van der Waals surface area contributed by atoms with Crippen molar-refractivity contribution in [2.75, 3.05) is 6.54 Å². The Bertz CT molecular complexity index is 755. The minimum absolute atomic E-state index is 0.108. The molecule has 2 aliphatic heterocycles. The molecule has 6 rings (SSSR count). The molecule has 4 aliphatic carbocycles. The highest BCUT2D eigenvalue weighted by molar-refractivity contribution is 5.88. The first-order valence-electron chi connectivity index (χ1n) is 13.4. The number of aliphatic hydroxyl groups is 1. The number of aliphatic hydroxyl groups excluding tert-OH is 1. The molecule has 174 valence electrons. The maximum atomic E-state index is 14.2. The second-order valence-electron chi connectivity index (χ2n) is 12.9. The van der Waals surface area contributed by atoms with E-state index < -0.39 is 0 Å². The van der Waals surface area contributed by atoms with Gasteiger partial charge in [0.15, 0.2) is 0 Å². The maximum absolute atomic E-state index is 14.2. The van der Waals surface area contributed by atoms with Crippen LogP contribution in [0.15, 0.2) is 0 Å². The third-order valence-electron chi connectivity index (χ3n) is 11.7. The molecule has 4 saturated carbocycles. The number of fused-ring (bicyclic) bond motifs is 6. The second-order valence-corrected chi connectivity index (χ2v) is 12.9. The van der Waals surface area contributed by atoms with Crippen LogP contribution < -0.4 is 5.32 Å². The molecule has 2 N–H and O–H groups in total. The van der Waals surface area contributed by atoms with E-state index in [1.165, 1.54) is 19.3 Å². The Kier molecular flexibility index (Phi) is 4.78. The first-order valence-corrected chi connectivity index (χ1v) is 13.4. The van der Waals surface area contributed by atoms with Crippen LogP contribution in [0.25, 0.3) is 0 Å². The van der Waals surface area contributed by atoms with Gasteiger partial charge in [-0.05, 0) is 92.9 Å². The number of Topliss-reactive ketones (excluding diaryl/α,β-unsaturated/α-hetero) is 1. The highest BCUT2D eigenvalue weighted by atomic mass is 16.5. The maximum Gasteiger partial charge on any atom is 0.140 e. The highest BCUT2D eigenvalue weighted by Crippen LogP contribution is 2.66. The van der Waals surface area contributed by atoms with Gasteiger partial charge < -0.3 is 15.2 Å². The van der Waals surface area contributed by atoms with Gasteiger partial charge in [-0.3, -0.25) is 4.79 Å². The summed E-state index contributed by atoms with van der Waals surface area (Å²) in [6, 6.07) is 0.454. The third kappa shape index (κ3) is 2.74. The Balaban J connectivity index is 1.31. The first kappa shape index (κ1) is 21.1. The van der Waals surface area contributed by atoms with Gasteiger partial charge in [0, 0.05) is 23.8 Å². The standard InChI is InChI=1S/C27H43NO3/c1-14-11-21-24(28-13-14)16(3)27(31-21)10-8-19-20-6-5-17-12-18(29)7-9-26(17,4)23(20)25(30)22(19)15(27)2/h14-24,28-29H,5-13H2,1-4H3/t14-,15+,16+,17-,18-,19-,20-,21+,22+,23+,24-,26-,27-/m0/s1. The number of ether oxygens (including phenoxy) is 1. The molecule has 2 heterocycles. The summed E-state index contributed by atoms with van der Waals surface area (Å²) in [6.45, 7) is 10.6. The van der Waals surface area contributed by atoms with Gasteiger partial charge in [0.05, 0.1) is 17.8 Å². The predicted octanol–water partition coefficient (Wildman–Crippen LogP) is 4.20. The molecule has 0 aromatic rings. The van der Waals surface area contributed by atoms with Crippen molar-refractivity contribution in [1.82, 2.24) is 5.32 Å². The highest BCUT2D eigenvalue weighted by Gasteiger charge is 2.68. The van der Waals surface area contributed by atoms with Crippen LogP contribution in [-0.4, -0.2) is 41.3 Å². The second kappa shape index (κ2) is 7.03. The molecule has 4 nitrogen and oxygen atoms in total. The average molecular weight is 430 g/mol. The van der Waals surface area contributed by atoms with Gasteiger partial charge in [-0.25, -0.2) is 0 Å². The zero-order valence-electron chi connectivity index (χ0n) is 20.0. The minimum atomic E-state index is -0.151. The zero-order chi connectivity index (χ0) is 21.7. The van der Waals surface area contributed by atoms with Crippen molar-refractivity contribution >= 4 is 5.78 Å². The normalized spacial score (nSPS) is 60.9. The number of ketones is 1. The summed E-state index contributed by atoms with van der Waals surface area (Å²) in [5, 5.41) is 14.1. The van der Waals surface area contributed by atoms with E-state index in [-0.39, 0.29) is 29.0 Å². The largest absolute Gasteiger partial charge is 0.393 e. The Labute approximate surface area is 188 Å². The number of carbonyl (C=O) groups excluding carboxylic acids is 1. The van der Waals surface area contributed by atoms with Crippen LogP contribution in [0.2, 0.25) is 0 Å². The minimum Gasteiger partial charge on any atom is -0.393 e. The molecular formula is C27H43NO3. The fraction of sp³-hybridized carbons (Fsp3) is 0.963. The van der Waals surface area contributed by atoms with E-state index in [1.807, 2.05) is 0 Å². The monoisotopic (exact) mass is 429 g/mol. The smallest absolute Gasteiger partial charge is 0.140 e. The van der Waals surface area contributed by atoms with Crippen molar-refractivity contribution < 1.29 is 14.6 Å². The number of rotatable bonds is 0. The Morgan fingerprint density at radius 3 is 2.61 bits per heavy atom. The van der Waals surface area contributed by atoms with Crippen molar-refractivity contribution in [1.29, 1.82) is 0 Å². The van der Waals surface area contributed by atoms with Crippen LogP contribution in [0, 0.1) is 52.8 Å². The summed E-state index contributed by atoms with van der Waals surface area (Å²) in [6.07, 6.45) is 8.87. The number of hydrogen-bond acceptors (Lipinski definition) is 4. The number of carbonyl (C=O) groups is 1. The molecule has 1 spiro atoms. The van der Waals surface area contributed by atoms with Crippen LogP contribution in [-0.2, 0) is 9.53 Å². The summed E-state index contributed by atoms with van der Waals surface area (Å²) in [5.41, 5.74) is -0.0175. The van der Waals surface area contributed by atoms with Crippen LogP contribution in [0.4, 0.5) is 0 Å². The summed E-state index contributed by atoms with van der Waals surface area (Å²) < 4.78 is 7.00. The van der Waals surface area contributed by atoms with Crippen LogP contribution >= 0.6 is 0 Å². The summed E-state index contributed by atoms with van der Waals surface area (Å²) in [5.74, 6) is 4.12. The molecule has 0 radical (unpaired) electrons. The molecule has 0 bridgehead atoms. The SMILES string of the molecule is C[C@@H]1CN[C@H]2[C@@H](C)[C@@]3(CC[C@H]4[C@@H]5CC[C@H]6C[C@@H](O)CC[C@]6(C)[C@H]5C(=O)[C@@H]4[C@H]3C)O[C@@H]2C1. The summed E-state index contributed by atoms with van der Waals surface area (Å²) >= 11 is 0. The van der Waals surface area contributed by atoms with Crippen molar-refractivity contribution in [3.63, 3.8) is 0 Å². The van der Waals surface area contributed by atoms with Gasteiger partial charge in [-0.15, -0.1) is 0 Å². The Hall–Kier alpha value is -0.450. The van der Waals surface area contributed by atoms with Crippen molar-refractivity contribution in [2.45, 2.75) is 103 Å². The Morgan fingerprint density at radius 2 is 1.81 bits per heavy atom. The van der Waals surface area contributed by atoms with E-state index in [0.717, 1.165) is 38.6 Å². The number of nitrogens with one attached hydrogen (secondary N) is 1. The van der Waals surface area contributed by atoms with Crippen molar-refractivity contribution in [3.05, 3.63) is 0 Å². The van der Waals surface area contributed by atoms with Gasteiger partial charge >= 0.3 is 0 Å². The Morgan fingerprint density at radius 1 is 1.00 bits per heavy atom. The van der Waals surface area contributed by atoms with Gasteiger partial charge in [-0.2, -0.15) is 0 Å². The summed E-state index contributed by atoms with van der Waals surface area (Å²) in [7, 11) is 0. The molecule has 31 heavy (non-hydrogen) atoms. The van der Waals surface area contributed by atoms with E-state index in [2.05, 4.69) is 33.0 Å². The van der Waals surface area contributed by atoms with Crippen LogP contribution in [0.5, 0.6) is 0 Å². The first-order chi connectivity index (χ1) is 14.8. The summed E-state index contributed by atoms with van der Waals surface area (Å²) in [4.78, 5) is 14.2. The predicted molar refractivity (Wildman–Crippen MR) is 120 cm³/mol. The van der Waals surface area contributed by atoms with Crippen molar-refractivity contribution in [3.8, 4) is 0 Å². The molecule has 0 unspecified atom stereocenters. The van der Waals surface area contributed by atoms with E-state index in [0.29, 0.717) is 53.4 Å². The average Bonchev–Trinajstić information content (AvgIpc) is 3.18. The van der Waals surface area contributed by atoms with Gasteiger partial charge in [0.25, 0.3) is 0 Å². The van der Waals surface area contributed by atoms with E-state index in [4.69, 9.17) is 4.74 Å². The zero-order valence-corrected chi connectivity index (χ0v) is 20.0. The molecule has 6 aliphatic rings. The fourth-order valence-corrected chi connectivity index (χ4v) is 10.1. The van der Waals surface area contributed by atoms with Crippen molar-refractivity contribution in [2.24, 2.45) is 52.8 Å². The number of hydrogen-bond donors (Lipinski definition) is 2. The lowest BCUT2D eigenvalue weighted by atomic mass is 9.52.